The molecule has 27 heavy (non-hydrogen) atoms. The van der Waals surface area contributed by atoms with Crippen LogP contribution < -0.4 is 4.90 Å². The van der Waals surface area contributed by atoms with Crippen LogP contribution in [0.5, 0.6) is 0 Å². The fraction of sp³-hybridized carbons (Fsp3) is 0.0952. The van der Waals surface area contributed by atoms with Crippen LogP contribution in [0, 0.1) is 6.92 Å². The summed E-state index contributed by atoms with van der Waals surface area (Å²) in [6.45, 7) is 1.83. The number of rotatable bonds is 4. The highest BCUT2D eigenvalue weighted by Crippen LogP contribution is 2.34. The van der Waals surface area contributed by atoms with E-state index in [1.165, 1.54) is 11.8 Å². The third kappa shape index (κ3) is 3.71. The Balaban J connectivity index is 1.71. The maximum Gasteiger partial charge on any atom is 0.243 e. The molecule has 0 unspecified atom stereocenters. The predicted octanol–water partition coefficient (Wildman–Crippen LogP) is 4.92. The van der Waals surface area contributed by atoms with Crippen molar-refractivity contribution in [3.63, 3.8) is 0 Å². The molecule has 0 bridgehead atoms. The summed E-state index contributed by atoms with van der Waals surface area (Å²) >= 11 is 1.42. The lowest BCUT2D eigenvalue weighted by atomic mass is 10.2. The normalized spacial score (nSPS) is 16.0. The predicted molar refractivity (Wildman–Crippen MR) is 110 cm³/mol. The van der Waals surface area contributed by atoms with Crippen LogP contribution in [0.15, 0.2) is 70.2 Å². The van der Waals surface area contributed by atoms with E-state index in [0.29, 0.717) is 28.1 Å². The summed E-state index contributed by atoms with van der Waals surface area (Å²) in [4.78, 5) is 18.8. The van der Waals surface area contributed by atoms with E-state index in [-0.39, 0.29) is 5.91 Å². The molecule has 4 rings (SSSR count). The Hall–Kier alpha value is -3.12. The molecule has 0 aliphatic carbocycles. The standard InChI is InChI=1S/C21H17N3O2S/c1-15-20(18(26-23-15)13-12-16-8-4-2-5-9-16)24-19(25)14-27-21(24)22-17-10-6-3-7-11-17/h2-13H,14H2,1H3/b13-12+,22-21?. The number of aliphatic imine (C=N–C) groups is 1. The van der Waals surface area contributed by atoms with Crippen molar-refractivity contribution >= 4 is 46.4 Å². The first kappa shape index (κ1) is 17.3. The third-order valence-corrected chi connectivity index (χ3v) is 4.98. The Bertz CT molecular complexity index is 1010. The summed E-state index contributed by atoms with van der Waals surface area (Å²) in [6.07, 6.45) is 3.77. The van der Waals surface area contributed by atoms with Crippen molar-refractivity contribution in [3.05, 3.63) is 77.7 Å². The molecular formula is C21H17N3O2S. The van der Waals surface area contributed by atoms with Crippen LogP contribution in [0.4, 0.5) is 11.4 Å². The van der Waals surface area contributed by atoms with Crippen LogP contribution in [0.25, 0.3) is 12.2 Å². The Morgan fingerprint density at radius 1 is 1.07 bits per heavy atom. The van der Waals surface area contributed by atoms with Gasteiger partial charge in [0.25, 0.3) is 0 Å². The highest BCUT2D eigenvalue weighted by molar-refractivity contribution is 8.15. The van der Waals surface area contributed by atoms with Gasteiger partial charge in [-0.1, -0.05) is 71.5 Å². The zero-order valence-electron chi connectivity index (χ0n) is 14.7. The van der Waals surface area contributed by atoms with E-state index in [2.05, 4.69) is 10.1 Å². The van der Waals surface area contributed by atoms with Gasteiger partial charge in [-0.3, -0.25) is 9.69 Å². The first-order valence-electron chi connectivity index (χ1n) is 8.51. The molecule has 0 spiro atoms. The number of aryl methyl sites for hydroxylation is 1. The van der Waals surface area contributed by atoms with E-state index in [1.807, 2.05) is 79.7 Å². The average Bonchev–Trinajstić information content (AvgIpc) is 3.23. The quantitative estimate of drug-likeness (QED) is 0.649. The molecule has 1 saturated heterocycles. The Morgan fingerprint density at radius 2 is 1.78 bits per heavy atom. The van der Waals surface area contributed by atoms with E-state index in [4.69, 9.17) is 4.52 Å². The summed E-state index contributed by atoms with van der Waals surface area (Å²) in [5, 5.41) is 4.70. The maximum atomic E-state index is 12.6. The molecule has 2 aromatic carbocycles. The van der Waals surface area contributed by atoms with Gasteiger partial charge in [-0.15, -0.1) is 0 Å². The molecule has 134 valence electrons. The summed E-state index contributed by atoms with van der Waals surface area (Å²) in [7, 11) is 0. The van der Waals surface area contributed by atoms with Crippen molar-refractivity contribution in [2.45, 2.75) is 6.92 Å². The minimum atomic E-state index is -0.0321. The molecule has 0 saturated carbocycles. The van der Waals surface area contributed by atoms with Crippen LogP contribution >= 0.6 is 11.8 Å². The number of amidine groups is 1. The zero-order valence-corrected chi connectivity index (χ0v) is 15.5. The minimum Gasteiger partial charge on any atom is -0.354 e. The number of carbonyl (C=O) groups excluding carboxylic acids is 1. The number of hydrogen-bond acceptors (Lipinski definition) is 5. The fourth-order valence-electron chi connectivity index (χ4n) is 2.78. The number of aromatic nitrogens is 1. The lowest BCUT2D eigenvalue weighted by Gasteiger charge is -2.15. The van der Waals surface area contributed by atoms with Crippen LogP contribution in [-0.2, 0) is 4.79 Å². The van der Waals surface area contributed by atoms with Gasteiger partial charge < -0.3 is 4.52 Å². The van der Waals surface area contributed by atoms with Gasteiger partial charge in [0.05, 0.1) is 11.4 Å². The summed E-state index contributed by atoms with van der Waals surface area (Å²) < 4.78 is 5.48. The second-order valence-electron chi connectivity index (χ2n) is 5.97. The maximum absolute atomic E-state index is 12.6. The van der Waals surface area contributed by atoms with E-state index >= 15 is 0 Å². The van der Waals surface area contributed by atoms with Gasteiger partial charge in [0.15, 0.2) is 10.9 Å². The molecule has 3 aromatic rings. The number of carbonyl (C=O) groups is 1. The number of para-hydroxylation sites is 1. The number of nitrogens with zero attached hydrogens (tertiary/aromatic N) is 3. The minimum absolute atomic E-state index is 0.0321. The molecule has 1 aliphatic rings. The first-order valence-corrected chi connectivity index (χ1v) is 9.50. The highest BCUT2D eigenvalue weighted by atomic mass is 32.2. The number of thioether (sulfide) groups is 1. The second-order valence-corrected chi connectivity index (χ2v) is 6.92. The molecule has 1 aliphatic heterocycles. The Morgan fingerprint density at radius 3 is 2.52 bits per heavy atom. The van der Waals surface area contributed by atoms with Crippen molar-refractivity contribution in [2.24, 2.45) is 4.99 Å². The van der Waals surface area contributed by atoms with Crippen LogP contribution in [0.2, 0.25) is 0 Å². The van der Waals surface area contributed by atoms with Crippen molar-refractivity contribution in [1.29, 1.82) is 0 Å². The zero-order chi connectivity index (χ0) is 18.6. The topological polar surface area (TPSA) is 58.7 Å². The van der Waals surface area contributed by atoms with Crippen molar-refractivity contribution in [2.75, 3.05) is 10.7 Å². The van der Waals surface area contributed by atoms with Gasteiger partial charge in [-0.25, -0.2) is 4.99 Å². The molecular weight excluding hydrogens is 358 g/mol. The van der Waals surface area contributed by atoms with Crippen LogP contribution in [0.1, 0.15) is 17.0 Å². The number of benzene rings is 2. The van der Waals surface area contributed by atoms with Crippen LogP contribution in [0.3, 0.4) is 0 Å². The number of anilines is 1. The lowest BCUT2D eigenvalue weighted by Crippen LogP contribution is -2.30. The van der Waals surface area contributed by atoms with Gasteiger partial charge in [0, 0.05) is 0 Å². The van der Waals surface area contributed by atoms with Gasteiger partial charge in [0.2, 0.25) is 5.91 Å². The Labute approximate surface area is 161 Å². The lowest BCUT2D eigenvalue weighted by molar-refractivity contribution is -0.115. The monoisotopic (exact) mass is 375 g/mol. The molecule has 2 heterocycles. The molecule has 0 radical (unpaired) electrons. The molecule has 5 nitrogen and oxygen atoms in total. The first-order chi connectivity index (χ1) is 13.2. The number of hydrogen-bond donors (Lipinski definition) is 0. The summed E-state index contributed by atoms with van der Waals surface area (Å²) in [5.41, 5.74) is 3.14. The smallest absolute Gasteiger partial charge is 0.243 e. The summed E-state index contributed by atoms with van der Waals surface area (Å²) in [6, 6.07) is 19.5. The van der Waals surface area contributed by atoms with E-state index in [9.17, 15) is 4.79 Å². The molecule has 1 amide bonds. The SMILES string of the molecule is Cc1noc(/C=C/c2ccccc2)c1N1C(=O)CSC1=Nc1ccccc1. The van der Waals surface area contributed by atoms with Gasteiger partial charge in [-0.2, -0.15) is 0 Å². The van der Waals surface area contributed by atoms with Gasteiger partial charge >= 0.3 is 0 Å². The van der Waals surface area contributed by atoms with Crippen molar-refractivity contribution in [1.82, 2.24) is 5.16 Å². The largest absolute Gasteiger partial charge is 0.354 e. The average molecular weight is 375 g/mol. The van der Waals surface area contributed by atoms with Crippen molar-refractivity contribution < 1.29 is 9.32 Å². The van der Waals surface area contributed by atoms with E-state index in [1.54, 1.807) is 4.90 Å². The fourth-order valence-corrected chi connectivity index (χ4v) is 3.65. The third-order valence-electron chi connectivity index (χ3n) is 4.05. The molecule has 0 atom stereocenters. The number of amides is 1. The van der Waals surface area contributed by atoms with Crippen LogP contribution in [-0.4, -0.2) is 22.0 Å². The van der Waals surface area contributed by atoms with Crippen molar-refractivity contribution in [3.8, 4) is 0 Å². The highest BCUT2D eigenvalue weighted by Gasteiger charge is 2.34. The molecule has 1 aromatic heterocycles. The summed E-state index contributed by atoms with van der Waals surface area (Å²) in [5.74, 6) is 0.848. The second kappa shape index (κ2) is 7.63. The van der Waals surface area contributed by atoms with Gasteiger partial charge in [-0.05, 0) is 30.7 Å². The van der Waals surface area contributed by atoms with E-state index in [0.717, 1.165) is 11.3 Å². The molecule has 0 N–H and O–H groups in total. The molecule has 6 heteroatoms. The van der Waals surface area contributed by atoms with Gasteiger partial charge in [0.1, 0.15) is 11.4 Å². The molecule has 1 fully saturated rings. The van der Waals surface area contributed by atoms with E-state index < -0.39 is 0 Å². The Kier molecular flexibility index (Phi) is 4.89.